The third kappa shape index (κ3) is 5.01. The molecule has 0 aliphatic carbocycles. The van der Waals surface area contributed by atoms with Gasteiger partial charge in [-0.3, -0.25) is 9.59 Å². The Hall–Kier alpha value is -4.20. The van der Waals surface area contributed by atoms with Gasteiger partial charge in [0, 0.05) is 24.6 Å². The minimum atomic E-state index is -0.636. The second-order valence-electron chi connectivity index (χ2n) is 8.12. The zero-order valence-electron chi connectivity index (χ0n) is 19.8. The van der Waals surface area contributed by atoms with Crippen LogP contribution in [0.25, 0.3) is 0 Å². The average molecular weight is 476 g/mol. The van der Waals surface area contributed by atoms with Crippen LogP contribution >= 0.6 is 0 Å². The Kier molecular flexibility index (Phi) is 7.10. The highest BCUT2D eigenvalue weighted by Gasteiger charge is 2.35. The molecule has 0 fully saturated rings. The summed E-state index contributed by atoms with van der Waals surface area (Å²) in [5.74, 6) is -0.303. The Bertz CT molecular complexity index is 1280. The molecule has 0 saturated heterocycles. The fourth-order valence-corrected chi connectivity index (χ4v) is 4.09. The SMILES string of the molecule is COc1cccc(C2=NN(C(=O)CN(C)C(=O)c3ccccc3F)[C@@H](c3ccccc3OC)C2)c1. The fraction of sp³-hybridized carbons (Fsp3) is 0.222. The predicted molar refractivity (Wildman–Crippen MR) is 130 cm³/mol. The maximum atomic E-state index is 14.1. The van der Waals surface area contributed by atoms with Crippen molar-refractivity contribution in [3.8, 4) is 11.5 Å². The molecule has 180 valence electrons. The molecule has 8 heteroatoms. The summed E-state index contributed by atoms with van der Waals surface area (Å²) >= 11 is 0. The van der Waals surface area contributed by atoms with Crippen LogP contribution in [-0.4, -0.2) is 55.2 Å². The zero-order chi connectivity index (χ0) is 24.9. The van der Waals surface area contributed by atoms with Gasteiger partial charge in [0.05, 0.1) is 31.5 Å². The minimum Gasteiger partial charge on any atom is -0.497 e. The highest BCUT2D eigenvalue weighted by molar-refractivity contribution is 6.04. The first-order valence-corrected chi connectivity index (χ1v) is 11.1. The first-order valence-electron chi connectivity index (χ1n) is 11.1. The summed E-state index contributed by atoms with van der Waals surface area (Å²) in [5.41, 5.74) is 2.24. The third-order valence-electron chi connectivity index (χ3n) is 5.89. The van der Waals surface area contributed by atoms with Gasteiger partial charge < -0.3 is 14.4 Å². The number of benzene rings is 3. The quantitative estimate of drug-likeness (QED) is 0.511. The number of methoxy groups -OCH3 is 2. The molecule has 2 amide bonds. The van der Waals surface area contributed by atoms with E-state index in [2.05, 4.69) is 5.10 Å². The lowest BCUT2D eigenvalue weighted by Gasteiger charge is -2.26. The number of ether oxygens (including phenoxy) is 2. The maximum Gasteiger partial charge on any atom is 0.262 e. The molecule has 4 rings (SSSR count). The van der Waals surface area contributed by atoms with E-state index in [-0.39, 0.29) is 12.1 Å². The van der Waals surface area contributed by atoms with Crippen LogP contribution in [0.5, 0.6) is 11.5 Å². The number of hydrogen-bond acceptors (Lipinski definition) is 5. The molecule has 0 N–H and O–H groups in total. The maximum absolute atomic E-state index is 14.1. The fourth-order valence-electron chi connectivity index (χ4n) is 4.09. The molecule has 7 nitrogen and oxygen atoms in total. The van der Waals surface area contributed by atoms with Crippen LogP contribution in [0.1, 0.15) is 33.9 Å². The molecule has 0 aromatic heterocycles. The van der Waals surface area contributed by atoms with E-state index >= 15 is 0 Å². The summed E-state index contributed by atoms with van der Waals surface area (Å²) in [6.07, 6.45) is 0.449. The molecule has 0 bridgehead atoms. The van der Waals surface area contributed by atoms with Gasteiger partial charge in [-0.2, -0.15) is 5.10 Å². The van der Waals surface area contributed by atoms with Crippen LogP contribution in [0.3, 0.4) is 0 Å². The summed E-state index contributed by atoms with van der Waals surface area (Å²) in [6, 6.07) is 20.2. The van der Waals surface area contributed by atoms with Crippen molar-refractivity contribution in [2.45, 2.75) is 12.5 Å². The third-order valence-corrected chi connectivity index (χ3v) is 5.89. The van der Waals surface area contributed by atoms with Crippen molar-refractivity contribution in [1.29, 1.82) is 0 Å². The molecule has 35 heavy (non-hydrogen) atoms. The van der Waals surface area contributed by atoms with E-state index in [9.17, 15) is 14.0 Å². The van der Waals surface area contributed by atoms with Gasteiger partial charge in [-0.25, -0.2) is 9.40 Å². The second-order valence-corrected chi connectivity index (χ2v) is 8.12. The lowest BCUT2D eigenvalue weighted by Crippen LogP contribution is -2.39. The highest BCUT2D eigenvalue weighted by atomic mass is 19.1. The van der Waals surface area contributed by atoms with E-state index in [1.54, 1.807) is 20.3 Å². The van der Waals surface area contributed by atoms with Crippen LogP contribution in [0.4, 0.5) is 4.39 Å². The summed E-state index contributed by atoms with van der Waals surface area (Å²) in [5, 5.41) is 6.03. The molecule has 3 aromatic rings. The molecule has 1 aliphatic heterocycles. The van der Waals surface area contributed by atoms with E-state index in [1.165, 1.54) is 35.2 Å². The monoisotopic (exact) mass is 475 g/mol. The number of hydrogen-bond donors (Lipinski definition) is 0. The van der Waals surface area contributed by atoms with Crippen molar-refractivity contribution in [2.75, 3.05) is 27.8 Å². The normalized spacial score (nSPS) is 14.9. The number of hydrazone groups is 1. The van der Waals surface area contributed by atoms with Crippen molar-refractivity contribution < 1.29 is 23.5 Å². The number of rotatable bonds is 7. The van der Waals surface area contributed by atoms with Gasteiger partial charge in [0.2, 0.25) is 0 Å². The molecule has 1 heterocycles. The number of carbonyl (C=O) groups is 2. The second kappa shape index (κ2) is 10.4. The lowest BCUT2D eigenvalue weighted by molar-refractivity contribution is -0.133. The molecule has 0 saturated carbocycles. The van der Waals surface area contributed by atoms with E-state index in [0.717, 1.165) is 11.1 Å². The van der Waals surface area contributed by atoms with Gasteiger partial charge in [-0.1, -0.05) is 42.5 Å². The van der Waals surface area contributed by atoms with Crippen molar-refractivity contribution in [3.05, 3.63) is 95.3 Å². The molecule has 3 aromatic carbocycles. The number of carbonyl (C=O) groups excluding carboxylic acids is 2. The average Bonchev–Trinajstić information content (AvgIpc) is 3.34. The molecule has 1 aliphatic rings. The number of halogens is 1. The van der Waals surface area contributed by atoms with E-state index < -0.39 is 23.7 Å². The molecular formula is C27H26FN3O4. The van der Waals surface area contributed by atoms with Crippen molar-refractivity contribution in [2.24, 2.45) is 5.10 Å². The first kappa shape index (κ1) is 23.9. The van der Waals surface area contributed by atoms with Gasteiger partial charge in [0.15, 0.2) is 0 Å². The smallest absolute Gasteiger partial charge is 0.262 e. The number of para-hydroxylation sites is 1. The van der Waals surface area contributed by atoms with Gasteiger partial charge in [-0.05, 0) is 30.3 Å². The van der Waals surface area contributed by atoms with Crippen LogP contribution in [0.2, 0.25) is 0 Å². The van der Waals surface area contributed by atoms with E-state index in [4.69, 9.17) is 9.47 Å². The van der Waals surface area contributed by atoms with Gasteiger partial charge in [0.25, 0.3) is 11.8 Å². The van der Waals surface area contributed by atoms with Crippen LogP contribution in [0, 0.1) is 5.82 Å². The Labute approximate surface area is 203 Å². The summed E-state index contributed by atoms with van der Waals surface area (Å²) < 4.78 is 25.0. The van der Waals surface area contributed by atoms with Crippen molar-refractivity contribution in [3.63, 3.8) is 0 Å². The van der Waals surface area contributed by atoms with Gasteiger partial charge in [-0.15, -0.1) is 0 Å². The zero-order valence-corrected chi connectivity index (χ0v) is 19.8. The standard InChI is InChI=1S/C27H26FN3O4/c1-30(27(33)20-11-4-6-13-22(20)28)17-26(32)31-24(21-12-5-7-14-25(21)35-3)16-23(29-31)18-9-8-10-19(15-18)34-2/h4-15,24H,16-17H2,1-3H3/t24-/m1/s1. The Balaban J connectivity index is 1.64. The van der Waals surface area contributed by atoms with Crippen LogP contribution in [0.15, 0.2) is 77.9 Å². The molecule has 0 spiro atoms. The Morgan fingerprint density at radius 2 is 1.77 bits per heavy atom. The Morgan fingerprint density at radius 3 is 2.51 bits per heavy atom. The van der Waals surface area contributed by atoms with E-state index in [1.807, 2.05) is 48.5 Å². The number of amides is 2. The minimum absolute atomic E-state index is 0.0916. The first-order chi connectivity index (χ1) is 16.9. The summed E-state index contributed by atoms with van der Waals surface area (Å²) in [7, 11) is 4.63. The van der Waals surface area contributed by atoms with Gasteiger partial charge in [0.1, 0.15) is 23.9 Å². The molecule has 0 unspecified atom stereocenters. The van der Waals surface area contributed by atoms with Crippen LogP contribution < -0.4 is 9.47 Å². The molecule has 1 atom stereocenters. The van der Waals surface area contributed by atoms with Crippen molar-refractivity contribution >= 4 is 17.5 Å². The largest absolute Gasteiger partial charge is 0.497 e. The highest BCUT2D eigenvalue weighted by Crippen LogP contribution is 2.37. The lowest BCUT2D eigenvalue weighted by atomic mass is 9.97. The number of nitrogens with zero attached hydrogens (tertiary/aromatic N) is 3. The summed E-state index contributed by atoms with van der Waals surface area (Å²) in [4.78, 5) is 27.4. The Morgan fingerprint density at radius 1 is 1.03 bits per heavy atom. The molecular weight excluding hydrogens is 449 g/mol. The summed E-state index contributed by atoms with van der Waals surface area (Å²) in [6.45, 7) is -0.270. The number of likely N-dealkylation sites (N-methyl/N-ethyl adjacent to an activating group) is 1. The van der Waals surface area contributed by atoms with Gasteiger partial charge >= 0.3 is 0 Å². The van der Waals surface area contributed by atoms with Crippen LogP contribution in [-0.2, 0) is 4.79 Å². The topological polar surface area (TPSA) is 71.4 Å². The molecule has 0 radical (unpaired) electrons. The van der Waals surface area contributed by atoms with E-state index in [0.29, 0.717) is 23.6 Å². The van der Waals surface area contributed by atoms with Crippen molar-refractivity contribution in [1.82, 2.24) is 9.91 Å². The predicted octanol–water partition coefficient (Wildman–Crippen LogP) is 4.29.